The van der Waals surface area contributed by atoms with E-state index in [9.17, 15) is 4.79 Å². The summed E-state index contributed by atoms with van der Waals surface area (Å²) in [5.74, 6) is -0.0696. The number of hydrogen-bond donors (Lipinski definition) is 2. The van der Waals surface area contributed by atoms with Crippen LogP contribution in [0.2, 0.25) is 0 Å². The minimum atomic E-state index is -0.146. The zero-order valence-corrected chi connectivity index (χ0v) is 14.2. The van der Waals surface area contributed by atoms with Gasteiger partial charge in [0, 0.05) is 42.2 Å². The van der Waals surface area contributed by atoms with E-state index in [1.807, 2.05) is 47.5 Å². The van der Waals surface area contributed by atoms with Gasteiger partial charge in [-0.05, 0) is 43.4 Å². The van der Waals surface area contributed by atoms with Crippen molar-refractivity contribution in [3.05, 3.63) is 54.0 Å². The smallest absolute Gasteiger partial charge is 0.251 e. The van der Waals surface area contributed by atoms with Gasteiger partial charge < -0.3 is 15.0 Å². The predicted molar refractivity (Wildman–Crippen MR) is 95.4 cm³/mol. The van der Waals surface area contributed by atoms with Crippen LogP contribution in [0.15, 0.2) is 42.9 Å². The van der Waals surface area contributed by atoms with E-state index in [-0.39, 0.29) is 18.1 Å². The molecule has 0 saturated carbocycles. The van der Waals surface area contributed by atoms with Crippen molar-refractivity contribution >= 4 is 16.8 Å². The van der Waals surface area contributed by atoms with E-state index in [0.717, 1.165) is 35.9 Å². The van der Waals surface area contributed by atoms with Crippen LogP contribution in [0.3, 0.4) is 0 Å². The molecule has 0 spiro atoms. The molecule has 4 rings (SSSR count). The molecule has 1 aliphatic rings. The first-order chi connectivity index (χ1) is 12.2. The zero-order chi connectivity index (χ0) is 17.2. The molecule has 1 fully saturated rings. The predicted octanol–water partition coefficient (Wildman–Crippen LogP) is 3.03. The first-order valence-corrected chi connectivity index (χ1v) is 8.76. The molecule has 130 valence electrons. The third-order valence-electron chi connectivity index (χ3n) is 4.76. The van der Waals surface area contributed by atoms with E-state index in [1.165, 1.54) is 0 Å². The van der Waals surface area contributed by atoms with Gasteiger partial charge >= 0.3 is 0 Å². The normalized spacial score (nSPS) is 20.7. The highest BCUT2D eigenvalue weighted by molar-refractivity contribution is 5.98. The number of H-pyrrole nitrogens is 1. The Morgan fingerprint density at radius 2 is 2.36 bits per heavy atom. The molecule has 1 aromatic carbocycles. The molecule has 3 aromatic rings. The second-order valence-corrected chi connectivity index (χ2v) is 6.42. The van der Waals surface area contributed by atoms with Crippen molar-refractivity contribution in [3.8, 4) is 0 Å². The van der Waals surface area contributed by atoms with Crippen molar-refractivity contribution in [3.63, 3.8) is 0 Å². The number of carbonyl (C=O) groups excluding carboxylic acids is 1. The van der Waals surface area contributed by atoms with Gasteiger partial charge in [-0.25, -0.2) is 0 Å². The van der Waals surface area contributed by atoms with Crippen molar-refractivity contribution < 1.29 is 9.53 Å². The lowest BCUT2D eigenvalue weighted by atomic mass is 9.97. The molecule has 0 unspecified atom stereocenters. The van der Waals surface area contributed by atoms with E-state index in [2.05, 4.69) is 22.3 Å². The maximum absolute atomic E-state index is 12.7. The Morgan fingerprint density at radius 3 is 3.20 bits per heavy atom. The summed E-state index contributed by atoms with van der Waals surface area (Å²) in [7, 11) is 0. The third-order valence-corrected chi connectivity index (χ3v) is 4.76. The third kappa shape index (κ3) is 3.17. The molecule has 1 aliphatic heterocycles. The number of amides is 1. The number of carbonyl (C=O) groups is 1. The number of aromatic nitrogens is 3. The molecule has 6 heteroatoms. The Morgan fingerprint density at radius 1 is 1.44 bits per heavy atom. The van der Waals surface area contributed by atoms with E-state index in [4.69, 9.17) is 4.74 Å². The van der Waals surface area contributed by atoms with Gasteiger partial charge in [-0.2, -0.15) is 5.10 Å². The second kappa shape index (κ2) is 6.72. The number of nitrogens with one attached hydrogen (secondary N) is 2. The Labute approximate surface area is 146 Å². The highest BCUT2D eigenvalue weighted by Crippen LogP contribution is 2.28. The molecular weight excluding hydrogens is 316 g/mol. The Balaban J connectivity index is 1.53. The molecule has 1 amide bonds. The number of aryl methyl sites for hydroxylation is 1. The van der Waals surface area contributed by atoms with E-state index in [0.29, 0.717) is 12.2 Å². The number of benzene rings is 1. The van der Waals surface area contributed by atoms with Crippen molar-refractivity contribution in [1.29, 1.82) is 0 Å². The molecule has 0 aliphatic carbocycles. The minimum absolute atomic E-state index is 0.0462. The number of aromatic amines is 1. The topological polar surface area (TPSA) is 71.9 Å². The van der Waals surface area contributed by atoms with Crippen LogP contribution in [0.5, 0.6) is 0 Å². The van der Waals surface area contributed by atoms with Gasteiger partial charge in [0.1, 0.15) is 6.10 Å². The van der Waals surface area contributed by atoms with Gasteiger partial charge in [-0.3, -0.25) is 9.48 Å². The van der Waals surface area contributed by atoms with Crippen molar-refractivity contribution in [2.75, 3.05) is 6.61 Å². The maximum atomic E-state index is 12.7. The molecule has 6 nitrogen and oxygen atoms in total. The van der Waals surface area contributed by atoms with Crippen LogP contribution in [-0.4, -0.2) is 33.3 Å². The van der Waals surface area contributed by atoms with Gasteiger partial charge in [0.15, 0.2) is 0 Å². The molecule has 2 atom stereocenters. The molecule has 25 heavy (non-hydrogen) atoms. The fourth-order valence-corrected chi connectivity index (χ4v) is 3.40. The van der Waals surface area contributed by atoms with Crippen molar-refractivity contribution in [2.45, 2.75) is 38.5 Å². The van der Waals surface area contributed by atoms with Gasteiger partial charge in [-0.15, -0.1) is 0 Å². The number of rotatable bonds is 4. The zero-order valence-electron chi connectivity index (χ0n) is 14.2. The van der Waals surface area contributed by atoms with E-state index in [1.54, 1.807) is 0 Å². The summed E-state index contributed by atoms with van der Waals surface area (Å²) >= 11 is 0. The average Bonchev–Trinajstić information content (AvgIpc) is 3.30. The first kappa shape index (κ1) is 15.9. The lowest BCUT2D eigenvalue weighted by Gasteiger charge is -2.31. The van der Waals surface area contributed by atoms with Crippen LogP contribution < -0.4 is 5.32 Å². The Kier molecular flexibility index (Phi) is 4.28. The maximum Gasteiger partial charge on any atom is 0.251 e. The summed E-state index contributed by atoms with van der Waals surface area (Å²) in [4.78, 5) is 15.9. The molecule has 3 heterocycles. The van der Waals surface area contributed by atoms with Crippen molar-refractivity contribution in [1.82, 2.24) is 20.1 Å². The summed E-state index contributed by atoms with van der Waals surface area (Å²) in [5.41, 5.74) is 2.64. The van der Waals surface area contributed by atoms with Gasteiger partial charge in [-0.1, -0.05) is 6.07 Å². The highest BCUT2D eigenvalue weighted by atomic mass is 16.5. The lowest BCUT2D eigenvalue weighted by molar-refractivity contribution is -0.00950. The molecule has 0 radical (unpaired) electrons. The fraction of sp³-hybridized carbons (Fsp3) is 0.368. The Bertz CT molecular complexity index is 882. The number of ether oxygens (including phenoxy) is 1. The van der Waals surface area contributed by atoms with Crippen LogP contribution in [0, 0.1) is 0 Å². The van der Waals surface area contributed by atoms with Gasteiger partial charge in [0.25, 0.3) is 5.91 Å². The minimum Gasteiger partial charge on any atom is -0.371 e. The van der Waals surface area contributed by atoms with Crippen LogP contribution in [0.4, 0.5) is 0 Å². The van der Waals surface area contributed by atoms with Crippen LogP contribution in [0.1, 0.15) is 41.8 Å². The van der Waals surface area contributed by atoms with E-state index >= 15 is 0 Å². The van der Waals surface area contributed by atoms with Crippen LogP contribution in [0.25, 0.3) is 10.9 Å². The van der Waals surface area contributed by atoms with Crippen LogP contribution >= 0.6 is 0 Å². The van der Waals surface area contributed by atoms with Gasteiger partial charge in [0.2, 0.25) is 0 Å². The highest BCUT2D eigenvalue weighted by Gasteiger charge is 2.30. The summed E-state index contributed by atoms with van der Waals surface area (Å²) in [5, 5.41) is 8.58. The van der Waals surface area contributed by atoms with Crippen molar-refractivity contribution in [2.24, 2.45) is 0 Å². The second-order valence-electron chi connectivity index (χ2n) is 6.42. The summed E-state index contributed by atoms with van der Waals surface area (Å²) in [6.07, 6.45) is 7.41. The Hall–Kier alpha value is -2.60. The standard InChI is InChI=1S/C19H22N4O2/c1-2-23-12-15(11-21-23)18-16(4-3-9-25-18)22-19(24)14-6-5-13-7-8-20-17(13)10-14/h5-8,10-12,16,18,20H,2-4,9H2,1H3,(H,22,24)/t16-,18+/m0/s1. The van der Waals surface area contributed by atoms with E-state index < -0.39 is 0 Å². The largest absolute Gasteiger partial charge is 0.371 e. The molecule has 2 N–H and O–H groups in total. The average molecular weight is 338 g/mol. The quantitative estimate of drug-likeness (QED) is 0.768. The number of nitrogens with zero attached hydrogens (tertiary/aromatic N) is 2. The molecule has 1 saturated heterocycles. The number of hydrogen-bond acceptors (Lipinski definition) is 3. The summed E-state index contributed by atoms with van der Waals surface area (Å²) in [6, 6.07) is 7.65. The summed E-state index contributed by atoms with van der Waals surface area (Å²) < 4.78 is 7.84. The summed E-state index contributed by atoms with van der Waals surface area (Å²) in [6.45, 7) is 3.58. The van der Waals surface area contributed by atoms with Gasteiger partial charge in [0.05, 0.1) is 12.2 Å². The van der Waals surface area contributed by atoms with Crippen LogP contribution in [-0.2, 0) is 11.3 Å². The molecule has 0 bridgehead atoms. The molecular formula is C19H22N4O2. The first-order valence-electron chi connectivity index (χ1n) is 8.76. The fourth-order valence-electron chi connectivity index (χ4n) is 3.40. The number of fused-ring (bicyclic) bond motifs is 1. The molecule has 2 aromatic heterocycles. The monoisotopic (exact) mass is 338 g/mol. The lowest BCUT2D eigenvalue weighted by Crippen LogP contribution is -2.42. The SMILES string of the molecule is CCn1cc([C@H]2OCCC[C@@H]2NC(=O)c2ccc3cc[nH]c3c2)cn1.